The Hall–Kier alpha value is -3.07. The molecule has 168 valence electrons. The third-order valence-electron chi connectivity index (χ3n) is 5.28. The number of allylic oxidation sites excluding steroid dienone is 1. The molecule has 2 N–H and O–H groups in total. The number of hydrogen-bond donors (Lipinski definition) is 1. The van der Waals surface area contributed by atoms with Crippen molar-refractivity contribution in [2.24, 2.45) is 16.6 Å². The number of aliphatic imine (C=N–C) groups is 1. The summed E-state index contributed by atoms with van der Waals surface area (Å²) < 4.78 is 10.4. The van der Waals surface area contributed by atoms with E-state index in [9.17, 15) is 19.7 Å². The SMILES string of the molecule is COC(=O)C1C(C)=NC(C)=C(C(=O)OCCCCCCN)C1c1cccc([N+](=O)[O-])c1. The number of carbonyl (C=O) groups excluding carboxylic acids is 2. The predicted molar refractivity (Wildman–Crippen MR) is 116 cm³/mol. The highest BCUT2D eigenvalue weighted by Gasteiger charge is 2.42. The molecule has 1 aromatic carbocycles. The van der Waals surface area contributed by atoms with Gasteiger partial charge in [-0.25, -0.2) is 4.79 Å². The molecule has 9 heteroatoms. The van der Waals surface area contributed by atoms with E-state index >= 15 is 0 Å². The van der Waals surface area contributed by atoms with E-state index in [1.165, 1.54) is 25.3 Å². The Morgan fingerprint density at radius 3 is 2.55 bits per heavy atom. The summed E-state index contributed by atoms with van der Waals surface area (Å²) in [4.78, 5) is 40.7. The molecule has 2 unspecified atom stereocenters. The van der Waals surface area contributed by atoms with Crippen molar-refractivity contribution in [1.29, 1.82) is 0 Å². The van der Waals surface area contributed by atoms with Gasteiger partial charge in [0.05, 0.1) is 24.2 Å². The Bertz CT molecular complexity index is 893. The first-order valence-corrected chi connectivity index (χ1v) is 10.3. The summed E-state index contributed by atoms with van der Waals surface area (Å²) in [6, 6.07) is 5.90. The van der Waals surface area contributed by atoms with Crippen LogP contribution in [-0.2, 0) is 19.1 Å². The number of carbonyl (C=O) groups is 2. The van der Waals surface area contributed by atoms with Gasteiger partial charge in [0.25, 0.3) is 5.69 Å². The van der Waals surface area contributed by atoms with E-state index in [0.717, 1.165) is 19.3 Å². The lowest BCUT2D eigenvalue weighted by atomic mass is 9.75. The average Bonchev–Trinajstić information content (AvgIpc) is 2.75. The molecule has 1 aliphatic heterocycles. The molecule has 0 radical (unpaired) electrons. The summed E-state index contributed by atoms with van der Waals surface area (Å²) in [7, 11) is 1.25. The molecule has 1 heterocycles. The van der Waals surface area contributed by atoms with Gasteiger partial charge >= 0.3 is 11.9 Å². The van der Waals surface area contributed by atoms with Crippen LogP contribution in [0.4, 0.5) is 5.69 Å². The molecular weight excluding hydrogens is 402 g/mol. The molecule has 2 atom stereocenters. The van der Waals surface area contributed by atoms with Crippen LogP contribution < -0.4 is 5.73 Å². The molecule has 0 fully saturated rings. The lowest BCUT2D eigenvalue weighted by Crippen LogP contribution is -2.36. The van der Waals surface area contributed by atoms with Gasteiger partial charge in [0.15, 0.2) is 0 Å². The summed E-state index contributed by atoms with van der Waals surface area (Å²) in [6.07, 6.45) is 3.46. The maximum atomic E-state index is 13.0. The number of nitrogens with zero attached hydrogens (tertiary/aromatic N) is 2. The average molecular weight is 431 g/mol. The lowest BCUT2D eigenvalue weighted by molar-refractivity contribution is -0.384. The van der Waals surface area contributed by atoms with Crippen LogP contribution in [0.1, 0.15) is 51.0 Å². The van der Waals surface area contributed by atoms with Crippen LogP contribution in [0.5, 0.6) is 0 Å². The first kappa shape index (κ1) is 24.2. The molecule has 1 aromatic rings. The minimum atomic E-state index is -0.886. The number of nitro benzene ring substituents is 1. The van der Waals surface area contributed by atoms with E-state index in [0.29, 0.717) is 29.9 Å². The van der Waals surface area contributed by atoms with Gasteiger partial charge in [-0.2, -0.15) is 0 Å². The first-order chi connectivity index (χ1) is 14.8. The van der Waals surface area contributed by atoms with Crippen molar-refractivity contribution in [3.05, 3.63) is 51.2 Å². The Balaban J connectivity index is 2.38. The molecule has 0 bridgehead atoms. The van der Waals surface area contributed by atoms with Gasteiger partial charge in [-0.1, -0.05) is 25.0 Å². The normalized spacial score (nSPS) is 18.4. The fourth-order valence-corrected chi connectivity index (χ4v) is 3.77. The third kappa shape index (κ3) is 5.97. The fraction of sp³-hybridized carbons (Fsp3) is 0.500. The second kappa shape index (κ2) is 11.4. The van der Waals surface area contributed by atoms with Gasteiger partial charge in [-0.3, -0.25) is 19.9 Å². The third-order valence-corrected chi connectivity index (χ3v) is 5.28. The Kier molecular flexibility index (Phi) is 8.87. The number of ether oxygens (including phenoxy) is 2. The van der Waals surface area contributed by atoms with Crippen LogP contribution in [0, 0.1) is 16.0 Å². The van der Waals surface area contributed by atoms with Crippen LogP contribution in [0.15, 0.2) is 40.5 Å². The van der Waals surface area contributed by atoms with E-state index in [2.05, 4.69) is 4.99 Å². The molecule has 0 spiro atoms. The zero-order chi connectivity index (χ0) is 23.0. The van der Waals surface area contributed by atoms with Gasteiger partial charge in [-0.15, -0.1) is 0 Å². The predicted octanol–water partition coefficient (Wildman–Crippen LogP) is 3.28. The van der Waals surface area contributed by atoms with Crippen molar-refractivity contribution in [2.45, 2.75) is 45.4 Å². The van der Waals surface area contributed by atoms with Crippen molar-refractivity contribution in [2.75, 3.05) is 20.3 Å². The van der Waals surface area contributed by atoms with Gasteiger partial charge in [0.2, 0.25) is 0 Å². The first-order valence-electron chi connectivity index (χ1n) is 10.3. The molecule has 2 rings (SSSR count). The molecule has 0 aliphatic carbocycles. The van der Waals surface area contributed by atoms with Crippen LogP contribution in [0.25, 0.3) is 0 Å². The number of esters is 2. The highest BCUT2D eigenvalue weighted by atomic mass is 16.6. The van der Waals surface area contributed by atoms with Gasteiger partial charge < -0.3 is 15.2 Å². The number of rotatable bonds is 10. The molecule has 0 saturated heterocycles. The van der Waals surface area contributed by atoms with Gasteiger partial charge in [0, 0.05) is 29.5 Å². The Morgan fingerprint density at radius 1 is 1.19 bits per heavy atom. The van der Waals surface area contributed by atoms with Gasteiger partial charge in [0.1, 0.15) is 5.92 Å². The van der Waals surface area contributed by atoms with Crippen LogP contribution in [0.3, 0.4) is 0 Å². The number of unbranched alkanes of at least 4 members (excludes halogenated alkanes) is 3. The van der Waals surface area contributed by atoms with E-state index in [1.807, 2.05) is 0 Å². The second-order valence-electron chi connectivity index (χ2n) is 7.42. The largest absolute Gasteiger partial charge is 0.468 e. The lowest BCUT2D eigenvalue weighted by Gasteiger charge is -2.31. The zero-order valence-electron chi connectivity index (χ0n) is 18.1. The topological polar surface area (TPSA) is 134 Å². The zero-order valence-corrected chi connectivity index (χ0v) is 18.1. The number of nitrogens with two attached hydrogens (primary N) is 1. The van der Waals surface area contributed by atoms with E-state index < -0.39 is 28.7 Å². The van der Waals surface area contributed by atoms with Crippen molar-refractivity contribution in [3.63, 3.8) is 0 Å². The maximum Gasteiger partial charge on any atom is 0.336 e. The van der Waals surface area contributed by atoms with Crippen molar-refractivity contribution in [3.8, 4) is 0 Å². The number of hydrogen-bond acceptors (Lipinski definition) is 8. The highest BCUT2D eigenvalue weighted by Crippen LogP contribution is 2.40. The maximum absolute atomic E-state index is 13.0. The quantitative estimate of drug-likeness (QED) is 0.260. The van der Waals surface area contributed by atoms with E-state index in [4.69, 9.17) is 15.2 Å². The number of methoxy groups -OCH3 is 1. The van der Waals surface area contributed by atoms with Crippen molar-refractivity contribution >= 4 is 23.3 Å². The molecule has 0 amide bonds. The van der Waals surface area contributed by atoms with E-state index in [1.54, 1.807) is 19.9 Å². The highest BCUT2D eigenvalue weighted by molar-refractivity contribution is 6.07. The molecule has 9 nitrogen and oxygen atoms in total. The van der Waals surface area contributed by atoms with Crippen molar-refractivity contribution in [1.82, 2.24) is 0 Å². The summed E-state index contributed by atoms with van der Waals surface area (Å²) in [6.45, 7) is 4.20. The summed E-state index contributed by atoms with van der Waals surface area (Å²) in [5.74, 6) is -2.84. The standard InChI is InChI=1S/C22H29N3O6/c1-14-18(21(26)30-3)20(16-9-8-10-17(13-16)25(28)29)19(15(2)24-14)22(27)31-12-7-5-4-6-11-23/h8-10,13,18,20H,4-7,11-12,23H2,1-3H3. The van der Waals surface area contributed by atoms with Crippen LogP contribution in [-0.4, -0.2) is 42.8 Å². The fourth-order valence-electron chi connectivity index (χ4n) is 3.77. The van der Waals surface area contributed by atoms with Crippen molar-refractivity contribution < 1.29 is 24.0 Å². The van der Waals surface area contributed by atoms with Crippen LogP contribution >= 0.6 is 0 Å². The number of nitro groups is 1. The summed E-state index contributed by atoms with van der Waals surface area (Å²) in [5, 5.41) is 11.3. The minimum absolute atomic E-state index is 0.133. The van der Waals surface area contributed by atoms with E-state index in [-0.39, 0.29) is 17.9 Å². The van der Waals surface area contributed by atoms with Gasteiger partial charge in [-0.05, 0) is 38.8 Å². The summed E-state index contributed by atoms with van der Waals surface area (Å²) in [5.41, 5.74) is 6.90. The number of non-ortho nitro benzene ring substituents is 1. The Labute approximate surface area is 181 Å². The summed E-state index contributed by atoms with van der Waals surface area (Å²) >= 11 is 0. The molecule has 31 heavy (non-hydrogen) atoms. The van der Waals surface area contributed by atoms with Crippen LogP contribution in [0.2, 0.25) is 0 Å². The monoisotopic (exact) mass is 431 g/mol. The smallest absolute Gasteiger partial charge is 0.336 e. The number of benzene rings is 1. The molecule has 0 aromatic heterocycles. The second-order valence-corrected chi connectivity index (χ2v) is 7.42. The molecule has 0 saturated carbocycles. The molecule has 1 aliphatic rings. The molecular formula is C22H29N3O6. The minimum Gasteiger partial charge on any atom is -0.468 e. The Morgan fingerprint density at radius 2 is 1.90 bits per heavy atom.